The van der Waals surface area contributed by atoms with Gasteiger partial charge < -0.3 is 10.4 Å². The van der Waals surface area contributed by atoms with Crippen LogP contribution in [-0.4, -0.2) is 26.5 Å². The molecule has 1 atom stereocenters. The monoisotopic (exact) mass is 281 g/mol. The normalized spacial score (nSPS) is 17.5. The number of carboxylic acids is 1. The Kier molecular flexibility index (Phi) is 3.42. The van der Waals surface area contributed by atoms with Gasteiger partial charge in [0.25, 0.3) is 0 Å². The lowest BCUT2D eigenvalue weighted by molar-refractivity contribution is -0.144. The number of aliphatic carboxylic acids is 1. The minimum absolute atomic E-state index is 0.0143. The summed E-state index contributed by atoms with van der Waals surface area (Å²) in [7, 11) is 0. The predicted octanol–water partition coefficient (Wildman–Crippen LogP) is 2.22. The van der Waals surface area contributed by atoms with Gasteiger partial charge in [-0.1, -0.05) is 0 Å². The first-order valence-electron chi connectivity index (χ1n) is 5.25. The van der Waals surface area contributed by atoms with Gasteiger partial charge in [-0.3, -0.25) is 4.79 Å². The fourth-order valence-electron chi connectivity index (χ4n) is 1.58. The van der Waals surface area contributed by atoms with Gasteiger partial charge in [-0.25, -0.2) is 0 Å². The third kappa shape index (κ3) is 3.31. The Morgan fingerprint density at radius 3 is 2.67 bits per heavy atom. The van der Waals surface area contributed by atoms with Gasteiger partial charge in [0.2, 0.25) is 11.0 Å². The van der Waals surface area contributed by atoms with E-state index >= 15 is 0 Å². The summed E-state index contributed by atoms with van der Waals surface area (Å²) < 4.78 is 40.0. The van der Waals surface area contributed by atoms with Crippen LogP contribution in [0.4, 0.5) is 18.3 Å². The van der Waals surface area contributed by atoms with Crippen molar-refractivity contribution in [3.8, 4) is 0 Å². The first kappa shape index (κ1) is 13.1. The number of hydrogen-bond acceptors (Lipinski definition) is 5. The molecule has 0 radical (unpaired) electrons. The van der Waals surface area contributed by atoms with Gasteiger partial charge >= 0.3 is 12.1 Å². The second-order valence-corrected chi connectivity index (χ2v) is 4.86. The Hall–Kier alpha value is -1.38. The molecular weight excluding hydrogens is 271 g/mol. The molecule has 18 heavy (non-hydrogen) atoms. The second-order valence-electron chi connectivity index (χ2n) is 4.11. The molecule has 0 saturated heterocycles. The fourth-order valence-corrected chi connectivity index (χ4v) is 2.23. The van der Waals surface area contributed by atoms with Crippen LogP contribution in [0.25, 0.3) is 0 Å². The van der Waals surface area contributed by atoms with E-state index in [0.29, 0.717) is 11.5 Å². The third-order valence-corrected chi connectivity index (χ3v) is 3.22. The molecule has 0 aliphatic heterocycles. The average molecular weight is 281 g/mol. The highest BCUT2D eigenvalue weighted by molar-refractivity contribution is 7.09. The summed E-state index contributed by atoms with van der Waals surface area (Å²) in [6.45, 7) is 0. The molecule has 0 amide bonds. The van der Waals surface area contributed by atoms with E-state index in [-0.39, 0.29) is 23.5 Å². The largest absolute Gasteiger partial charge is 0.481 e. The molecule has 100 valence electrons. The van der Waals surface area contributed by atoms with Crippen LogP contribution in [0, 0.1) is 5.92 Å². The van der Waals surface area contributed by atoms with Crippen molar-refractivity contribution in [2.45, 2.75) is 31.5 Å². The summed E-state index contributed by atoms with van der Waals surface area (Å²) in [5.74, 6) is -1.99. The molecule has 1 heterocycles. The third-order valence-electron chi connectivity index (χ3n) is 2.57. The average Bonchev–Trinajstić information content (AvgIpc) is 2.96. The first-order valence-corrected chi connectivity index (χ1v) is 6.03. The Morgan fingerprint density at radius 1 is 1.56 bits per heavy atom. The number of nitrogens with zero attached hydrogens (tertiary/aromatic N) is 2. The van der Waals surface area contributed by atoms with Gasteiger partial charge in [-0.15, -0.1) is 0 Å². The van der Waals surface area contributed by atoms with Crippen LogP contribution in [0.3, 0.4) is 0 Å². The summed E-state index contributed by atoms with van der Waals surface area (Å²) in [5.41, 5.74) is 0. The van der Waals surface area contributed by atoms with Crippen molar-refractivity contribution < 1.29 is 23.1 Å². The van der Waals surface area contributed by atoms with E-state index in [9.17, 15) is 18.0 Å². The lowest BCUT2D eigenvalue weighted by atomic mass is 10.1. The fraction of sp³-hybridized carbons (Fsp3) is 0.667. The zero-order chi connectivity index (χ0) is 13.3. The zero-order valence-corrected chi connectivity index (χ0v) is 9.88. The highest BCUT2D eigenvalue weighted by Crippen LogP contribution is 2.36. The van der Waals surface area contributed by atoms with E-state index in [4.69, 9.17) is 5.11 Å². The van der Waals surface area contributed by atoms with Gasteiger partial charge in [0.15, 0.2) is 0 Å². The summed E-state index contributed by atoms with van der Waals surface area (Å²) in [6, 6.07) is -0.378. The number of nitrogens with one attached hydrogen (secondary N) is 1. The molecule has 5 nitrogen and oxygen atoms in total. The number of anilines is 1. The standard InChI is InChI=1S/C9H10F3N3O2S/c10-9(11,12)7-14-8(18-15-7)13-5(3-6(16)17)4-1-2-4/h4-5H,1-3H2,(H,16,17)(H,13,14,15). The number of aromatic nitrogens is 2. The number of carboxylic acid groups (broad SMARTS) is 1. The van der Waals surface area contributed by atoms with Crippen LogP contribution in [0.15, 0.2) is 0 Å². The first-order chi connectivity index (χ1) is 8.36. The van der Waals surface area contributed by atoms with E-state index in [1.807, 2.05) is 0 Å². The molecular formula is C9H10F3N3O2S. The van der Waals surface area contributed by atoms with Gasteiger partial charge in [-0.05, 0) is 18.8 Å². The Bertz CT molecular complexity index is 445. The zero-order valence-electron chi connectivity index (χ0n) is 9.07. The quantitative estimate of drug-likeness (QED) is 0.865. The van der Waals surface area contributed by atoms with Crippen molar-refractivity contribution in [1.82, 2.24) is 9.36 Å². The molecule has 1 unspecified atom stereocenters. The summed E-state index contributed by atoms with van der Waals surface area (Å²) >= 11 is 0.592. The smallest absolute Gasteiger partial charge is 0.452 e. The van der Waals surface area contributed by atoms with Gasteiger partial charge in [0.05, 0.1) is 6.42 Å². The molecule has 1 aliphatic carbocycles. The van der Waals surface area contributed by atoms with Crippen molar-refractivity contribution >= 4 is 22.6 Å². The summed E-state index contributed by atoms with van der Waals surface area (Å²) in [6.07, 6.45) is -2.93. The van der Waals surface area contributed by atoms with E-state index in [1.165, 1.54) is 0 Å². The van der Waals surface area contributed by atoms with Crippen molar-refractivity contribution in [3.63, 3.8) is 0 Å². The van der Waals surface area contributed by atoms with E-state index < -0.39 is 18.0 Å². The molecule has 9 heteroatoms. The number of hydrogen-bond donors (Lipinski definition) is 2. The summed E-state index contributed by atoms with van der Waals surface area (Å²) in [5, 5.41) is 11.5. The van der Waals surface area contributed by atoms with E-state index in [0.717, 1.165) is 12.8 Å². The van der Waals surface area contributed by atoms with Gasteiger partial charge in [-0.2, -0.15) is 22.5 Å². The van der Waals surface area contributed by atoms with Crippen LogP contribution in [0.1, 0.15) is 25.1 Å². The minimum Gasteiger partial charge on any atom is -0.481 e. The van der Waals surface area contributed by atoms with Crippen molar-refractivity contribution in [1.29, 1.82) is 0 Å². The van der Waals surface area contributed by atoms with E-state index in [1.54, 1.807) is 0 Å². The molecule has 0 spiro atoms. The molecule has 1 saturated carbocycles. The SMILES string of the molecule is O=C(O)CC(Nc1nc(C(F)(F)F)ns1)C1CC1. The van der Waals surface area contributed by atoms with Crippen molar-refractivity contribution in [3.05, 3.63) is 5.82 Å². The van der Waals surface area contributed by atoms with E-state index in [2.05, 4.69) is 14.7 Å². The molecule has 1 aliphatic rings. The molecule has 1 fully saturated rings. The maximum atomic E-state index is 12.3. The highest BCUT2D eigenvalue weighted by atomic mass is 32.1. The van der Waals surface area contributed by atoms with Crippen LogP contribution in [-0.2, 0) is 11.0 Å². The van der Waals surface area contributed by atoms with Crippen LogP contribution in [0.2, 0.25) is 0 Å². The molecule has 2 N–H and O–H groups in total. The molecule has 2 rings (SSSR count). The maximum absolute atomic E-state index is 12.3. The van der Waals surface area contributed by atoms with Crippen LogP contribution in [0.5, 0.6) is 0 Å². The predicted molar refractivity (Wildman–Crippen MR) is 57.3 cm³/mol. The molecule has 1 aromatic rings. The summed E-state index contributed by atoms with van der Waals surface area (Å²) in [4.78, 5) is 14.0. The number of rotatable bonds is 5. The lowest BCUT2D eigenvalue weighted by Crippen LogP contribution is -2.25. The van der Waals surface area contributed by atoms with Crippen molar-refractivity contribution in [2.24, 2.45) is 5.92 Å². The number of halogens is 3. The molecule has 0 bridgehead atoms. The maximum Gasteiger partial charge on any atom is 0.452 e. The Balaban J connectivity index is 2.02. The van der Waals surface area contributed by atoms with Gasteiger partial charge in [0.1, 0.15) is 0 Å². The number of alkyl halides is 3. The minimum atomic E-state index is -4.57. The van der Waals surface area contributed by atoms with Crippen molar-refractivity contribution in [2.75, 3.05) is 5.32 Å². The number of carbonyl (C=O) groups is 1. The topological polar surface area (TPSA) is 75.1 Å². The second kappa shape index (κ2) is 4.71. The Morgan fingerprint density at radius 2 is 2.22 bits per heavy atom. The highest BCUT2D eigenvalue weighted by Gasteiger charge is 2.37. The van der Waals surface area contributed by atoms with Crippen LogP contribution < -0.4 is 5.32 Å². The Labute approximate surface area is 104 Å². The molecule has 0 aromatic carbocycles. The lowest BCUT2D eigenvalue weighted by Gasteiger charge is -2.14. The molecule has 1 aromatic heterocycles. The van der Waals surface area contributed by atoms with Gasteiger partial charge in [0, 0.05) is 17.6 Å². The van der Waals surface area contributed by atoms with Crippen LogP contribution >= 0.6 is 11.5 Å².